The number of rotatable bonds is 3. The van der Waals surface area contributed by atoms with Crippen molar-refractivity contribution in [3.8, 4) is 12.3 Å². The van der Waals surface area contributed by atoms with Crippen LogP contribution in [0.1, 0.15) is 6.92 Å². The molecule has 0 aliphatic heterocycles. The van der Waals surface area contributed by atoms with Crippen LogP contribution in [0.25, 0.3) is 0 Å². The summed E-state index contributed by atoms with van der Waals surface area (Å²) >= 11 is 5.19. The summed E-state index contributed by atoms with van der Waals surface area (Å²) in [5.74, 6) is 1.03. The van der Waals surface area contributed by atoms with Crippen LogP contribution in [-0.4, -0.2) is 18.0 Å². The maximum Gasteiger partial charge on any atom is 0.412 e. The van der Waals surface area contributed by atoms with Gasteiger partial charge < -0.3 is 5.32 Å². The van der Waals surface area contributed by atoms with Gasteiger partial charge in [-0.1, -0.05) is 5.92 Å². The number of carbonyl (C=O) groups excluding carboxylic acids is 1. The van der Waals surface area contributed by atoms with E-state index in [1.165, 1.54) is 0 Å². The monoisotopic (exact) mass is 251 g/mol. The molecule has 0 aliphatic carbocycles. The Morgan fingerprint density at radius 1 is 1.56 bits per heavy atom. The summed E-state index contributed by atoms with van der Waals surface area (Å²) in [6.07, 6.45) is 2.21. The lowest BCUT2D eigenvalue weighted by Gasteiger charge is -2.08. The first kappa shape index (κ1) is 14.6. The molecule has 88 valence electrons. The Bertz CT molecular complexity index is 363. The number of hydrogen-bond donors (Lipinski definition) is 1. The number of alkyl halides is 4. The van der Waals surface area contributed by atoms with Crippen LogP contribution in [0.4, 0.5) is 13.2 Å². The fraction of sp³-hybridized carbons (Fsp3) is 0.300. The van der Waals surface area contributed by atoms with Gasteiger partial charge in [0.15, 0.2) is 0 Å². The van der Waals surface area contributed by atoms with E-state index in [9.17, 15) is 18.0 Å². The van der Waals surface area contributed by atoms with E-state index in [0.717, 1.165) is 19.1 Å². The van der Waals surface area contributed by atoms with Crippen LogP contribution >= 0.6 is 11.6 Å². The van der Waals surface area contributed by atoms with Gasteiger partial charge in [0.2, 0.25) is 5.91 Å². The lowest BCUT2D eigenvalue weighted by atomic mass is 10.2. The first-order chi connectivity index (χ1) is 7.31. The van der Waals surface area contributed by atoms with E-state index in [4.69, 9.17) is 18.0 Å². The van der Waals surface area contributed by atoms with Gasteiger partial charge >= 0.3 is 6.18 Å². The summed E-state index contributed by atoms with van der Waals surface area (Å²) in [4.78, 5) is 10.9. The van der Waals surface area contributed by atoms with Crippen LogP contribution in [0.5, 0.6) is 0 Å². The minimum atomic E-state index is -4.46. The lowest BCUT2D eigenvalue weighted by Crippen LogP contribution is -2.23. The molecule has 0 aromatic carbocycles. The van der Waals surface area contributed by atoms with Crippen LogP contribution in [0.3, 0.4) is 0 Å². The molecule has 16 heavy (non-hydrogen) atoms. The number of allylic oxidation sites excluding steroid dienone is 3. The number of nitrogens with one attached hydrogen (secondary N) is 1. The zero-order valence-electron chi connectivity index (χ0n) is 8.36. The molecule has 0 heterocycles. The van der Waals surface area contributed by atoms with E-state index in [0.29, 0.717) is 0 Å². The molecule has 0 aromatic heterocycles. The molecule has 0 unspecified atom stereocenters. The molecule has 0 saturated heterocycles. The fourth-order valence-corrected chi connectivity index (χ4v) is 0.780. The molecular weight excluding hydrogens is 243 g/mol. The van der Waals surface area contributed by atoms with E-state index in [1.807, 2.05) is 5.92 Å². The Morgan fingerprint density at radius 2 is 2.12 bits per heavy atom. The van der Waals surface area contributed by atoms with Crippen molar-refractivity contribution >= 4 is 17.5 Å². The van der Waals surface area contributed by atoms with E-state index >= 15 is 0 Å². The fourth-order valence-electron chi connectivity index (χ4n) is 0.713. The first-order valence-corrected chi connectivity index (χ1v) is 4.62. The second-order valence-electron chi connectivity index (χ2n) is 2.77. The Balaban J connectivity index is 4.92. The summed E-state index contributed by atoms with van der Waals surface area (Å²) in [6.45, 7) is 0.872. The predicted molar refractivity (Wildman–Crippen MR) is 55.6 cm³/mol. The number of halogens is 4. The second-order valence-corrected chi connectivity index (χ2v) is 3.04. The second kappa shape index (κ2) is 6.23. The highest BCUT2D eigenvalue weighted by molar-refractivity contribution is 6.27. The topological polar surface area (TPSA) is 29.1 Å². The molecule has 0 radical (unpaired) electrons. The SMILES string of the molecule is C#C/C=C(\C=C(/C)C(F)(F)F)NC(=O)CCl. The van der Waals surface area contributed by atoms with Crippen molar-refractivity contribution in [3.05, 3.63) is 23.4 Å². The minimum absolute atomic E-state index is 0.122. The normalized spacial score (nSPS) is 13.2. The molecule has 0 atom stereocenters. The summed E-state index contributed by atoms with van der Waals surface area (Å²) in [5, 5.41) is 2.14. The van der Waals surface area contributed by atoms with Gasteiger partial charge in [-0.15, -0.1) is 18.0 Å². The largest absolute Gasteiger partial charge is 0.412 e. The van der Waals surface area contributed by atoms with Gasteiger partial charge in [-0.2, -0.15) is 13.2 Å². The zero-order valence-corrected chi connectivity index (χ0v) is 9.12. The summed E-state index contributed by atoms with van der Waals surface area (Å²) in [7, 11) is 0. The standard InChI is InChI=1S/C10H9ClF3NO/c1-3-4-8(15-9(16)6-11)5-7(2)10(12,13)14/h1,4-5H,6H2,2H3,(H,15,16)/b7-5+,8-4+. The molecule has 0 saturated carbocycles. The van der Waals surface area contributed by atoms with Crippen LogP contribution in [0.15, 0.2) is 23.4 Å². The summed E-state index contributed by atoms with van der Waals surface area (Å²) < 4.78 is 36.5. The number of terminal acetylenes is 1. The van der Waals surface area contributed by atoms with E-state index in [-0.39, 0.29) is 11.6 Å². The van der Waals surface area contributed by atoms with Crippen molar-refractivity contribution in [3.63, 3.8) is 0 Å². The predicted octanol–water partition coefficient (Wildman–Crippen LogP) is 2.37. The summed E-state index contributed by atoms with van der Waals surface area (Å²) in [6, 6.07) is 0. The quantitative estimate of drug-likeness (QED) is 0.466. The molecule has 1 N–H and O–H groups in total. The minimum Gasteiger partial charge on any atom is -0.324 e. The smallest absolute Gasteiger partial charge is 0.324 e. The van der Waals surface area contributed by atoms with Crippen LogP contribution in [-0.2, 0) is 4.79 Å². The Labute approximate surface area is 96.2 Å². The molecule has 1 amide bonds. The average molecular weight is 252 g/mol. The maximum atomic E-state index is 12.2. The molecule has 0 rings (SSSR count). The molecule has 0 spiro atoms. The van der Waals surface area contributed by atoms with E-state index in [1.54, 1.807) is 0 Å². The Hall–Kier alpha value is -1.41. The van der Waals surface area contributed by atoms with Crippen molar-refractivity contribution in [1.82, 2.24) is 5.32 Å². The van der Waals surface area contributed by atoms with Gasteiger partial charge in [0.1, 0.15) is 5.88 Å². The van der Waals surface area contributed by atoms with Crippen LogP contribution < -0.4 is 5.32 Å². The zero-order chi connectivity index (χ0) is 12.8. The highest BCUT2D eigenvalue weighted by atomic mass is 35.5. The van der Waals surface area contributed by atoms with Crippen molar-refractivity contribution < 1.29 is 18.0 Å². The van der Waals surface area contributed by atoms with E-state index in [2.05, 4.69) is 5.32 Å². The van der Waals surface area contributed by atoms with E-state index < -0.39 is 17.7 Å². The number of carbonyl (C=O) groups is 1. The highest BCUT2D eigenvalue weighted by Gasteiger charge is 2.30. The highest BCUT2D eigenvalue weighted by Crippen LogP contribution is 2.25. The lowest BCUT2D eigenvalue weighted by molar-refractivity contribution is -0.118. The third kappa shape index (κ3) is 5.47. The molecule has 2 nitrogen and oxygen atoms in total. The molecule has 0 aromatic rings. The van der Waals surface area contributed by atoms with Crippen LogP contribution in [0.2, 0.25) is 0 Å². The van der Waals surface area contributed by atoms with Crippen molar-refractivity contribution in [2.24, 2.45) is 0 Å². The third-order valence-corrected chi connectivity index (χ3v) is 1.71. The number of amides is 1. The molecule has 0 bridgehead atoms. The third-order valence-electron chi connectivity index (χ3n) is 1.46. The molecule has 0 aliphatic rings. The van der Waals surface area contributed by atoms with Crippen molar-refractivity contribution in [1.29, 1.82) is 0 Å². The van der Waals surface area contributed by atoms with Crippen molar-refractivity contribution in [2.45, 2.75) is 13.1 Å². The maximum absolute atomic E-state index is 12.2. The van der Waals surface area contributed by atoms with Gasteiger partial charge in [0.05, 0.1) is 0 Å². The Morgan fingerprint density at radius 3 is 2.50 bits per heavy atom. The molecule has 6 heteroatoms. The van der Waals surface area contributed by atoms with Gasteiger partial charge in [0.25, 0.3) is 0 Å². The van der Waals surface area contributed by atoms with Crippen molar-refractivity contribution in [2.75, 3.05) is 5.88 Å². The molecular formula is C10H9ClF3NO. The van der Waals surface area contributed by atoms with Gasteiger partial charge in [-0.3, -0.25) is 4.79 Å². The van der Waals surface area contributed by atoms with Crippen LogP contribution in [0, 0.1) is 12.3 Å². The van der Waals surface area contributed by atoms with Gasteiger partial charge in [-0.05, 0) is 13.0 Å². The number of hydrogen-bond acceptors (Lipinski definition) is 1. The average Bonchev–Trinajstić information content (AvgIpc) is 2.16. The van der Waals surface area contributed by atoms with Gasteiger partial charge in [-0.25, -0.2) is 0 Å². The summed E-state index contributed by atoms with van der Waals surface area (Å²) in [5.41, 5.74) is -0.994. The first-order valence-electron chi connectivity index (χ1n) is 4.09. The Kier molecular flexibility index (Phi) is 5.68. The van der Waals surface area contributed by atoms with Gasteiger partial charge in [0, 0.05) is 17.3 Å². The molecule has 0 fully saturated rings.